The molecular weight excluding hydrogens is 293 g/mol. The molecule has 9 heteroatoms. The number of H-pyrrole nitrogens is 1. The van der Waals surface area contributed by atoms with E-state index in [0.29, 0.717) is 6.07 Å². The monoisotopic (exact) mass is 306 g/mol. The van der Waals surface area contributed by atoms with Gasteiger partial charge in [-0.1, -0.05) is 0 Å². The molecule has 116 valence electrons. The first-order valence-corrected chi connectivity index (χ1v) is 5.94. The van der Waals surface area contributed by atoms with Gasteiger partial charge in [0.2, 0.25) is 0 Å². The number of carbonyl (C=O) groups is 2. The maximum atomic E-state index is 12.4. The van der Waals surface area contributed by atoms with Crippen LogP contribution < -0.4 is 10.9 Å². The summed E-state index contributed by atoms with van der Waals surface area (Å²) in [6.07, 6.45) is -4.72. The van der Waals surface area contributed by atoms with Crippen LogP contribution in [0.2, 0.25) is 0 Å². The van der Waals surface area contributed by atoms with Crippen molar-refractivity contribution in [2.24, 2.45) is 0 Å². The highest BCUT2D eigenvalue weighted by Crippen LogP contribution is 2.26. The average Bonchev–Trinajstić information content (AvgIpc) is 2.37. The first-order chi connectivity index (χ1) is 9.66. The molecule has 0 radical (unpaired) electrons. The summed E-state index contributed by atoms with van der Waals surface area (Å²) >= 11 is 0. The molecule has 1 rings (SSSR count). The summed E-state index contributed by atoms with van der Waals surface area (Å²) in [4.78, 5) is 36.1. The van der Waals surface area contributed by atoms with Crippen LogP contribution >= 0.6 is 0 Å². The SMILES string of the molecule is CCOC(=O)C(C)NC(=O)c1ccc(C(F)(F)F)[nH]c1=O. The van der Waals surface area contributed by atoms with Crippen molar-refractivity contribution in [3.63, 3.8) is 0 Å². The number of rotatable bonds is 4. The van der Waals surface area contributed by atoms with Crippen molar-refractivity contribution in [3.8, 4) is 0 Å². The van der Waals surface area contributed by atoms with Gasteiger partial charge in [0, 0.05) is 0 Å². The van der Waals surface area contributed by atoms with Crippen molar-refractivity contribution in [1.29, 1.82) is 0 Å². The maximum Gasteiger partial charge on any atom is 0.431 e. The third-order valence-electron chi connectivity index (χ3n) is 2.45. The number of aromatic amines is 1. The minimum Gasteiger partial charge on any atom is -0.464 e. The molecule has 0 fully saturated rings. The number of hydrogen-bond acceptors (Lipinski definition) is 4. The molecule has 1 atom stereocenters. The van der Waals surface area contributed by atoms with Gasteiger partial charge in [-0.2, -0.15) is 13.2 Å². The largest absolute Gasteiger partial charge is 0.464 e. The fraction of sp³-hybridized carbons (Fsp3) is 0.417. The van der Waals surface area contributed by atoms with Gasteiger partial charge in [0.1, 0.15) is 17.3 Å². The van der Waals surface area contributed by atoms with E-state index in [9.17, 15) is 27.6 Å². The van der Waals surface area contributed by atoms with E-state index in [1.54, 1.807) is 11.9 Å². The van der Waals surface area contributed by atoms with Crippen LogP contribution in [0.5, 0.6) is 0 Å². The number of amides is 1. The van der Waals surface area contributed by atoms with Gasteiger partial charge in [0.25, 0.3) is 11.5 Å². The highest BCUT2D eigenvalue weighted by atomic mass is 19.4. The minimum atomic E-state index is -4.72. The lowest BCUT2D eigenvalue weighted by Gasteiger charge is -2.12. The number of carbonyl (C=O) groups excluding carboxylic acids is 2. The number of halogens is 3. The molecule has 1 heterocycles. The predicted octanol–water partition coefficient (Wildman–Crippen LogP) is 1.08. The normalized spacial score (nSPS) is 12.6. The van der Waals surface area contributed by atoms with Gasteiger partial charge in [-0.25, -0.2) is 4.79 Å². The summed E-state index contributed by atoms with van der Waals surface area (Å²) in [5.41, 5.74) is -2.99. The van der Waals surface area contributed by atoms with E-state index in [1.807, 2.05) is 0 Å². The lowest BCUT2D eigenvalue weighted by Crippen LogP contribution is -2.41. The Morgan fingerprint density at radius 1 is 1.38 bits per heavy atom. The van der Waals surface area contributed by atoms with E-state index < -0.39 is 40.9 Å². The molecule has 0 aliphatic carbocycles. The molecule has 0 saturated carbocycles. The molecule has 1 amide bonds. The quantitative estimate of drug-likeness (QED) is 0.815. The van der Waals surface area contributed by atoms with E-state index >= 15 is 0 Å². The molecule has 21 heavy (non-hydrogen) atoms. The Hall–Kier alpha value is -2.32. The minimum absolute atomic E-state index is 0.111. The van der Waals surface area contributed by atoms with Crippen molar-refractivity contribution in [2.75, 3.05) is 6.61 Å². The third-order valence-corrected chi connectivity index (χ3v) is 2.45. The van der Waals surface area contributed by atoms with Crippen molar-refractivity contribution in [1.82, 2.24) is 10.3 Å². The molecule has 1 unspecified atom stereocenters. The highest BCUT2D eigenvalue weighted by Gasteiger charge is 2.32. The molecule has 0 bridgehead atoms. The first kappa shape index (κ1) is 16.7. The summed E-state index contributed by atoms with van der Waals surface area (Å²) in [6, 6.07) is 0.291. The van der Waals surface area contributed by atoms with Gasteiger partial charge in [0.05, 0.1) is 6.61 Å². The Kier molecular flexibility index (Phi) is 5.12. The van der Waals surface area contributed by atoms with Crippen LogP contribution in [0.3, 0.4) is 0 Å². The third kappa shape index (κ3) is 4.33. The molecule has 0 aromatic carbocycles. The highest BCUT2D eigenvalue weighted by molar-refractivity contribution is 5.96. The molecule has 2 N–H and O–H groups in total. The molecular formula is C12H13F3N2O4. The van der Waals surface area contributed by atoms with Crippen molar-refractivity contribution in [3.05, 3.63) is 33.7 Å². The van der Waals surface area contributed by atoms with Gasteiger partial charge >= 0.3 is 12.1 Å². The second-order valence-electron chi connectivity index (χ2n) is 4.06. The fourth-order valence-electron chi connectivity index (χ4n) is 1.42. The van der Waals surface area contributed by atoms with Crippen LogP contribution in [0.4, 0.5) is 13.2 Å². The Labute approximate surface area is 117 Å². The zero-order valence-electron chi connectivity index (χ0n) is 11.2. The fourth-order valence-corrected chi connectivity index (χ4v) is 1.42. The van der Waals surface area contributed by atoms with Crippen LogP contribution in [0.15, 0.2) is 16.9 Å². The average molecular weight is 306 g/mol. The number of hydrogen-bond donors (Lipinski definition) is 2. The van der Waals surface area contributed by atoms with Gasteiger partial charge in [-0.3, -0.25) is 9.59 Å². The van der Waals surface area contributed by atoms with Crippen LogP contribution in [0.25, 0.3) is 0 Å². The van der Waals surface area contributed by atoms with E-state index in [-0.39, 0.29) is 6.61 Å². The maximum absolute atomic E-state index is 12.4. The number of nitrogens with one attached hydrogen (secondary N) is 2. The Balaban J connectivity index is 2.89. The summed E-state index contributed by atoms with van der Waals surface area (Å²) in [7, 11) is 0. The smallest absolute Gasteiger partial charge is 0.431 e. The summed E-state index contributed by atoms with van der Waals surface area (Å²) in [5, 5.41) is 2.17. The van der Waals surface area contributed by atoms with Crippen LogP contribution in [-0.4, -0.2) is 29.5 Å². The van der Waals surface area contributed by atoms with Crippen molar-refractivity contribution >= 4 is 11.9 Å². The Morgan fingerprint density at radius 2 is 2.00 bits per heavy atom. The lowest BCUT2D eigenvalue weighted by atomic mass is 10.2. The molecule has 0 aliphatic rings. The van der Waals surface area contributed by atoms with Gasteiger partial charge < -0.3 is 15.0 Å². The van der Waals surface area contributed by atoms with E-state index in [1.165, 1.54) is 6.92 Å². The summed E-state index contributed by atoms with van der Waals surface area (Å²) in [5.74, 6) is -1.68. The first-order valence-electron chi connectivity index (χ1n) is 5.94. The topological polar surface area (TPSA) is 88.3 Å². The van der Waals surface area contributed by atoms with Gasteiger partial charge in [-0.15, -0.1) is 0 Å². The van der Waals surface area contributed by atoms with Crippen LogP contribution in [0, 0.1) is 0 Å². The van der Waals surface area contributed by atoms with E-state index in [2.05, 4.69) is 10.1 Å². The predicted molar refractivity (Wildman–Crippen MR) is 65.6 cm³/mol. The molecule has 0 aliphatic heterocycles. The molecule has 1 aromatic rings. The van der Waals surface area contributed by atoms with Crippen LogP contribution in [0.1, 0.15) is 29.9 Å². The number of ether oxygens (including phenoxy) is 1. The Morgan fingerprint density at radius 3 is 2.48 bits per heavy atom. The molecule has 0 saturated heterocycles. The van der Waals surface area contributed by atoms with Crippen molar-refractivity contribution in [2.45, 2.75) is 26.1 Å². The number of pyridine rings is 1. The zero-order chi connectivity index (χ0) is 16.2. The standard InChI is InChI=1S/C12H13F3N2O4/c1-3-21-11(20)6(2)16-9(18)7-4-5-8(12(13,14)15)17-10(7)19/h4-6H,3H2,1-2H3,(H,16,18)(H,17,19). The number of esters is 1. The number of alkyl halides is 3. The summed E-state index contributed by atoms with van der Waals surface area (Å²) < 4.78 is 41.8. The second-order valence-corrected chi connectivity index (χ2v) is 4.06. The molecule has 6 nitrogen and oxygen atoms in total. The van der Waals surface area contributed by atoms with E-state index in [0.717, 1.165) is 6.07 Å². The molecule has 1 aromatic heterocycles. The number of aromatic nitrogens is 1. The van der Waals surface area contributed by atoms with Gasteiger partial charge in [0.15, 0.2) is 0 Å². The van der Waals surface area contributed by atoms with Gasteiger partial charge in [-0.05, 0) is 26.0 Å². The van der Waals surface area contributed by atoms with E-state index in [4.69, 9.17) is 0 Å². The second kappa shape index (κ2) is 6.42. The lowest BCUT2D eigenvalue weighted by molar-refractivity contribution is -0.145. The molecule has 0 spiro atoms. The summed E-state index contributed by atoms with van der Waals surface area (Å²) in [6.45, 7) is 3.01. The van der Waals surface area contributed by atoms with Crippen LogP contribution in [-0.2, 0) is 15.7 Å². The van der Waals surface area contributed by atoms with Crippen molar-refractivity contribution < 1.29 is 27.5 Å². The zero-order valence-corrected chi connectivity index (χ0v) is 11.2. The Bertz CT molecular complexity index is 595.